The van der Waals surface area contributed by atoms with E-state index in [0.29, 0.717) is 11.7 Å². The summed E-state index contributed by atoms with van der Waals surface area (Å²) in [6.45, 7) is 0. The van der Waals surface area contributed by atoms with E-state index < -0.39 is 0 Å². The largest absolute Gasteiger partial charge is 0.376 e. The normalized spacial score (nSPS) is 15.3. The number of nitro groups is 1. The van der Waals surface area contributed by atoms with Crippen LogP contribution in [0.4, 0.5) is 11.4 Å². The zero-order chi connectivity index (χ0) is 11.5. The highest BCUT2D eigenvalue weighted by molar-refractivity contribution is 14.1. The summed E-state index contributed by atoms with van der Waals surface area (Å²) in [7, 11) is 0. The molecule has 0 atom stereocenters. The van der Waals surface area contributed by atoms with Crippen molar-refractivity contribution in [3.05, 3.63) is 44.0 Å². The standard InChI is InChI=1S/C11H11IN2O2/c12-8-5-6-10(11(7-8)14(15)16)13-9-3-1-2-4-9/h1-2,5-7,9,13H,3-4H2. The molecule has 0 saturated heterocycles. The monoisotopic (exact) mass is 330 g/mol. The highest BCUT2D eigenvalue weighted by Gasteiger charge is 2.17. The molecule has 84 valence electrons. The minimum absolute atomic E-state index is 0.152. The molecule has 16 heavy (non-hydrogen) atoms. The van der Waals surface area contributed by atoms with Gasteiger partial charge in [-0.25, -0.2) is 0 Å². The molecule has 0 saturated carbocycles. The molecule has 0 heterocycles. The SMILES string of the molecule is O=[N+]([O-])c1cc(I)ccc1NC1CC=CC1. The zero-order valence-corrected chi connectivity index (χ0v) is 10.7. The molecular formula is C11H11IN2O2. The molecule has 0 bridgehead atoms. The number of nitrogens with one attached hydrogen (secondary N) is 1. The van der Waals surface area contributed by atoms with Gasteiger partial charge < -0.3 is 5.32 Å². The Kier molecular flexibility index (Phi) is 3.42. The molecule has 5 heteroatoms. The van der Waals surface area contributed by atoms with Crippen LogP contribution in [0.5, 0.6) is 0 Å². The van der Waals surface area contributed by atoms with Crippen molar-refractivity contribution in [2.45, 2.75) is 18.9 Å². The predicted octanol–water partition coefficient (Wildman–Crippen LogP) is 3.33. The second-order valence-electron chi connectivity index (χ2n) is 3.70. The van der Waals surface area contributed by atoms with Gasteiger partial charge in [0.25, 0.3) is 5.69 Å². The highest BCUT2D eigenvalue weighted by atomic mass is 127. The number of hydrogen-bond donors (Lipinski definition) is 1. The van der Waals surface area contributed by atoms with Crippen LogP contribution in [0.15, 0.2) is 30.4 Å². The van der Waals surface area contributed by atoms with Crippen LogP contribution in [0.3, 0.4) is 0 Å². The Hall–Kier alpha value is -1.11. The number of benzene rings is 1. The van der Waals surface area contributed by atoms with E-state index in [4.69, 9.17) is 0 Å². The Morgan fingerprint density at radius 1 is 1.38 bits per heavy atom. The Labute approximate surface area is 107 Å². The lowest BCUT2D eigenvalue weighted by molar-refractivity contribution is -0.384. The number of hydrogen-bond acceptors (Lipinski definition) is 3. The van der Waals surface area contributed by atoms with Gasteiger partial charge in [0.2, 0.25) is 0 Å². The van der Waals surface area contributed by atoms with Crippen LogP contribution in [-0.4, -0.2) is 11.0 Å². The van der Waals surface area contributed by atoms with Gasteiger partial charge >= 0.3 is 0 Å². The van der Waals surface area contributed by atoms with Crippen molar-refractivity contribution in [2.75, 3.05) is 5.32 Å². The molecule has 0 aliphatic heterocycles. The second kappa shape index (κ2) is 4.82. The molecule has 1 aliphatic rings. The van der Waals surface area contributed by atoms with Gasteiger partial charge in [0, 0.05) is 15.7 Å². The van der Waals surface area contributed by atoms with E-state index in [9.17, 15) is 10.1 Å². The van der Waals surface area contributed by atoms with Crippen molar-refractivity contribution < 1.29 is 4.92 Å². The summed E-state index contributed by atoms with van der Waals surface area (Å²) in [5.41, 5.74) is 0.762. The van der Waals surface area contributed by atoms with Crippen LogP contribution < -0.4 is 5.32 Å². The average Bonchev–Trinajstić information content (AvgIpc) is 2.73. The maximum absolute atomic E-state index is 10.9. The molecule has 0 fully saturated rings. The molecule has 0 aromatic heterocycles. The van der Waals surface area contributed by atoms with Crippen molar-refractivity contribution >= 4 is 34.0 Å². The van der Waals surface area contributed by atoms with Crippen LogP contribution in [0.2, 0.25) is 0 Å². The second-order valence-corrected chi connectivity index (χ2v) is 4.95. The molecule has 0 radical (unpaired) electrons. The minimum atomic E-state index is -0.340. The van der Waals surface area contributed by atoms with Gasteiger partial charge in [0.05, 0.1) is 4.92 Å². The number of nitro benzene ring substituents is 1. The summed E-state index contributed by atoms with van der Waals surface area (Å²) in [6.07, 6.45) is 6.05. The highest BCUT2D eigenvalue weighted by Crippen LogP contribution is 2.28. The van der Waals surface area contributed by atoms with Gasteiger partial charge in [-0.05, 0) is 47.6 Å². The lowest BCUT2D eigenvalue weighted by atomic mass is 10.2. The first-order valence-electron chi connectivity index (χ1n) is 5.02. The fourth-order valence-corrected chi connectivity index (χ4v) is 2.21. The summed E-state index contributed by atoms with van der Waals surface area (Å²) < 4.78 is 0.874. The van der Waals surface area contributed by atoms with Gasteiger partial charge in [0.1, 0.15) is 5.69 Å². The fourth-order valence-electron chi connectivity index (χ4n) is 1.73. The molecule has 1 aromatic rings. The number of halogens is 1. The van der Waals surface area contributed by atoms with Crippen LogP contribution in [0.1, 0.15) is 12.8 Å². The number of anilines is 1. The summed E-state index contributed by atoms with van der Waals surface area (Å²) in [5.74, 6) is 0. The van der Waals surface area contributed by atoms with Crippen LogP contribution in [0, 0.1) is 13.7 Å². The van der Waals surface area contributed by atoms with Crippen LogP contribution in [-0.2, 0) is 0 Å². The van der Waals surface area contributed by atoms with Gasteiger partial charge in [-0.3, -0.25) is 10.1 Å². The van der Waals surface area contributed by atoms with Gasteiger partial charge in [-0.15, -0.1) is 0 Å². The predicted molar refractivity (Wildman–Crippen MR) is 71.6 cm³/mol. The van der Waals surface area contributed by atoms with E-state index in [1.807, 2.05) is 6.07 Å². The molecule has 1 aromatic carbocycles. The van der Waals surface area contributed by atoms with Crippen molar-refractivity contribution in [2.24, 2.45) is 0 Å². The molecule has 0 amide bonds. The summed E-state index contributed by atoms with van der Waals surface area (Å²) >= 11 is 2.08. The zero-order valence-electron chi connectivity index (χ0n) is 8.52. The van der Waals surface area contributed by atoms with Crippen molar-refractivity contribution in [1.29, 1.82) is 0 Å². The Morgan fingerprint density at radius 3 is 2.69 bits per heavy atom. The Morgan fingerprint density at radius 2 is 2.06 bits per heavy atom. The molecule has 0 spiro atoms. The number of nitrogens with zero attached hydrogens (tertiary/aromatic N) is 1. The summed E-state index contributed by atoms with van der Waals surface area (Å²) in [4.78, 5) is 10.6. The van der Waals surface area contributed by atoms with E-state index >= 15 is 0 Å². The van der Waals surface area contributed by atoms with E-state index in [0.717, 1.165) is 16.4 Å². The molecule has 1 N–H and O–H groups in total. The van der Waals surface area contributed by atoms with E-state index in [2.05, 4.69) is 40.1 Å². The lowest BCUT2D eigenvalue weighted by Crippen LogP contribution is -2.15. The molecule has 1 aliphatic carbocycles. The molecular weight excluding hydrogens is 319 g/mol. The van der Waals surface area contributed by atoms with Crippen molar-refractivity contribution in [3.63, 3.8) is 0 Å². The number of rotatable bonds is 3. The molecule has 4 nitrogen and oxygen atoms in total. The average molecular weight is 330 g/mol. The quantitative estimate of drug-likeness (QED) is 0.400. The smallest absolute Gasteiger partial charge is 0.293 e. The Balaban J connectivity index is 2.22. The van der Waals surface area contributed by atoms with E-state index in [-0.39, 0.29) is 10.6 Å². The first-order valence-corrected chi connectivity index (χ1v) is 6.10. The first kappa shape index (κ1) is 11.4. The lowest BCUT2D eigenvalue weighted by Gasteiger charge is -2.13. The maximum Gasteiger partial charge on any atom is 0.293 e. The van der Waals surface area contributed by atoms with E-state index in [1.54, 1.807) is 12.1 Å². The van der Waals surface area contributed by atoms with Crippen molar-refractivity contribution in [1.82, 2.24) is 0 Å². The van der Waals surface area contributed by atoms with Crippen LogP contribution >= 0.6 is 22.6 Å². The molecule has 0 unspecified atom stereocenters. The third-order valence-electron chi connectivity index (χ3n) is 2.52. The summed E-state index contributed by atoms with van der Waals surface area (Å²) in [5, 5.41) is 14.1. The van der Waals surface area contributed by atoms with Gasteiger partial charge in [-0.2, -0.15) is 0 Å². The topological polar surface area (TPSA) is 55.2 Å². The minimum Gasteiger partial charge on any atom is -0.376 e. The first-order chi connectivity index (χ1) is 7.66. The van der Waals surface area contributed by atoms with Gasteiger partial charge in [-0.1, -0.05) is 12.2 Å². The third kappa shape index (κ3) is 2.52. The van der Waals surface area contributed by atoms with Crippen LogP contribution in [0.25, 0.3) is 0 Å². The third-order valence-corrected chi connectivity index (χ3v) is 3.19. The Bertz CT molecular complexity index is 438. The summed E-state index contributed by atoms with van der Waals surface area (Å²) in [6, 6.07) is 5.53. The fraction of sp³-hybridized carbons (Fsp3) is 0.273. The molecule has 2 rings (SSSR count). The maximum atomic E-state index is 10.9. The van der Waals surface area contributed by atoms with Gasteiger partial charge in [0.15, 0.2) is 0 Å². The van der Waals surface area contributed by atoms with E-state index in [1.165, 1.54) is 0 Å². The van der Waals surface area contributed by atoms with Crippen molar-refractivity contribution in [3.8, 4) is 0 Å².